The van der Waals surface area contributed by atoms with Gasteiger partial charge in [-0.15, -0.1) is 0 Å². The summed E-state index contributed by atoms with van der Waals surface area (Å²) in [7, 11) is 0. The number of benzene rings is 2. The van der Waals surface area contributed by atoms with Gasteiger partial charge in [0.05, 0.1) is 11.1 Å². The number of carbonyl (C=O) groups is 1. The Morgan fingerprint density at radius 1 is 0.857 bits per heavy atom. The molecule has 0 saturated heterocycles. The van der Waals surface area contributed by atoms with Gasteiger partial charge in [-0.25, -0.2) is 13.2 Å². The SMILES string of the molecule is O=C(c1ccc(C(F)(F)F)cc1)c1c(F)cc(F)cc1F. The van der Waals surface area contributed by atoms with Gasteiger partial charge in [0.1, 0.15) is 17.5 Å². The van der Waals surface area contributed by atoms with E-state index < -0.39 is 40.5 Å². The van der Waals surface area contributed by atoms with Crippen LogP contribution < -0.4 is 0 Å². The van der Waals surface area contributed by atoms with E-state index in [2.05, 4.69) is 0 Å². The van der Waals surface area contributed by atoms with E-state index in [-0.39, 0.29) is 5.56 Å². The molecule has 0 amide bonds. The average Bonchev–Trinajstić information content (AvgIpc) is 2.36. The van der Waals surface area contributed by atoms with Crippen molar-refractivity contribution >= 4 is 5.78 Å². The molecule has 0 bridgehead atoms. The van der Waals surface area contributed by atoms with Crippen LogP contribution in [0.15, 0.2) is 36.4 Å². The van der Waals surface area contributed by atoms with Gasteiger partial charge in [0.25, 0.3) is 0 Å². The second kappa shape index (κ2) is 5.23. The molecule has 0 N–H and O–H groups in total. The second-order valence-electron chi connectivity index (χ2n) is 4.15. The number of halogens is 6. The summed E-state index contributed by atoms with van der Waals surface area (Å²) in [6, 6.07) is 3.47. The summed E-state index contributed by atoms with van der Waals surface area (Å²) in [6.45, 7) is 0. The highest BCUT2D eigenvalue weighted by Gasteiger charge is 2.30. The van der Waals surface area contributed by atoms with E-state index in [4.69, 9.17) is 0 Å². The van der Waals surface area contributed by atoms with Gasteiger partial charge >= 0.3 is 6.18 Å². The minimum Gasteiger partial charge on any atom is -0.288 e. The predicted octanol–water partition coefficient (Wildman–Crippen LogP) is 4.35. The molecule has 2 rings (SSSR count). The first-order valence-electron chi connectivity index (χ1n) is 5.56. The lowest BCUT2D eigenvalue weighted by Gasteiger charge is -2.08. The molecule has 110 valence electrons. The average molecular weight is 304 g/mol. The third-order valence-electron chi connectivity index (χ3n) is 2.71. The third kappa shape index (κ3) is 3.07. The van der Waals surface area contributed by atoms with Gasteiger partial charge in [-0.2, -0.15) is 13.2 Å². The molecule has 0 atom stereocenters. The maximum Gasteiger partial charge on any atom is 0.416 e. The van der Waals surface area contributed by atoms with Crippen molar-refractivity contribution in [2.45, 2.75) is 6.18 Å². The van der Waals surface area contributed by atoms with Gasteiger partial charge in [-0.1, -0.05) is 12.1 Å². The van der Waals surface area contributed by atoms with Crippen LogP contribution in [0, 0.1) is 17.5 Å². The van der Waals surface area contributed by atoms with E-state index in [1.807, 2.05) is 0 Å². The number of rotatable bonds is 2. The number of alkyl halides is 3. The van der Waals surface area contributed by atoms with Crippen molar-refractivity contribution in [3.63, 3.8) is 0 Å². The lowest BCUT2D eigenvalue weighted by atomic mass is 10.0. The molecule has 0 aliphatic rings. The second-order valence-corrected chi connectivity index (χ2v) is 4.15. The van der Waals surface area contributed by atoms with Crippen molar-refractivity contribution in [3.05, 3.63) is 70.5 Å². The summed E-state index contributed by atoms with van der Waals surface area (Å²) in [6.07, 6.45) is -4.59. The molecule has 0 aromatic heterocycles. The highest BCUT2D eigenvalue weighted by molar-refractivity contribution is 6.09. The zero-order valence-electron chi connectivity index (χ0n) is 10.1. The fraction of sp³-hybridized carbons (Fsp3) is 0.0714. The first kappa shape index (κ1) is 15.1. The molecule has 0 fully saturated rings. The van der Waals surface area contributed by atoms with Gasteiger partial charge in [0.15, 0.2) is 5.78 Å². The summed E-state index contributed by atoms with van der Waals surface area (Å²) in [5, 5.41) is 0. The molecule has 0 aliphatic carbocycles. The Morgan fingerprint density at radius 3 is 1.76 bits per heavy atom. The summed E-state index contributed by atoms with van der Waals surface area (Å²) in [5.41, 5.74) is -2.36. The standard InChI is InChI=1S/C14H6F6O/c15-9-5-10(16)12(11(17)6-9)13(21)7-1-3-8(4-2-7)14(18,19)20/h1-6H. The molecule has 0 aliphatic heterocycles. The summed E-state index contributed by atoms with van der Waals surface area (Å²) >= 11 is 0. The summed E-state index contributed by atoms with van der Waals surface area (Å²) in [5.74, 6) is -5.21. The van der Waals surface area contributed by atoms with Crippen LogP contribution in [-0.4, -0.2) is 5.78 Å². The predicted molar refractivity (Wildman–Crippen MR) is 61.2 cm³/mol. The van der Waals surface area contributed by atoms with Crippen LogP contribution in [0.3, 0.4) is 0 Å². The van der Waals surface area contributed by atoms with Gasteiger partial charge in [-0.3, -0.25) is 4.79 Å². The van der Waals surface area contributed by atoms with Crippen LogP contribution in [-0.2, 0) is 6.18 Å². The Hall–Kier alpha value is -2.31. The van der Waals surface area contributed by atoms with Gasteiger partial charge in [-0.05, 0) is 12.1 Å². The lowest BCUT2D eigenvalue weighted by Crippen LogP contribution is -2.10. The minimum absolute atomic E-state index is 0.320. The van der Waals surface area contributed by atoms with E-state index >= 15 is 0 Å². The van der Waals surface area contributed by atoms with Crippen molar-refractivity contribution in [2.24, 2.45) is 0 Å². The molecule has 1 nitrogen and oxygen atoms in total. The van der Waals surface area contributed by atoms with E-state index in [1.54, 1.807) is 0 Å². The largest absolute Gasteiger partial charge is 0.416 e. The lowest BCUT2D eigenvalue weighted by molar-refractivity contribution is -0.137. The summed E-state index contributed by atoms with van der Waals surface area (Å²) < 4.78 is 76.7. The minimum atomic E-state index is -4.59. The zero-order valence-corrected chi connectivity index (χ0v) is 10.1. The zero-order chi connectivity index (χ0) is 15.8. The fourth-order valence-corrected chi connectivity index (χ4v) is 1.71. The fourth-order valence-electron chi connectivity index (χ4n) is 1.71. The van der Waals surface area contributed by atoms with Gasteiger partial charge in [0.2, 0.25) is 0 Å². The number of hydrogen-bond acceptors (Lipinski definition) is 1. The number of ketones is 1. The monoisotopic (exact) mass is 304 g/mol. The Morgan fingerprint density at radius 2 is 1.33 bits per heavy atom. The molecule has 0 saturated carbocycles. The Kier molecular flexibility index (Phi) is 3.76. The van der Waals surface area contributed by atoms with E-state index in [9.17, 15) is 31.1 Å². The van der Waals surface area contributed by atoms with Gasteiger partial charge in [0, 0.05) is 17.7 Å². The van der Waals surface area contributed by atoms with Crippen molar-refractivity contribution in [3.8, 4) is 0 Å². The first-order valence-corrected chi connectivity index (χ1v) is 5.56. The molecule has 2 aromatic rings. The third-order valence-corrected chi connectivity index (χ3v) is 2.71. The smallest absolute Gasteiger partial charge is 0.288 e. The Bertz CT molecular complexity index is 665. The normalized spacial score (nSPS) is 11.5. The number of carbonyl (C=O) groups excluding carboxylic acids is 1. The topological polar surface area (TPSA) is 17.1 Å². The molecule has 0 spiro atoms. The van der Waals surface area contributed by atoms with Crippen LogP contribution >= 0.6 is 0 Å². The van der Waals surface area contributed by atoms with Gasteiger partial charge < -0.3 is 0 Å². The Balaban J connectivity index is 2.42. The molecule has 0 unspecified atom stereocenters. The highest BCUT2D eigenvalue weighted by Crippen LogP contribution is 2.29. The van der Waals surface area contributed by atoms with Crippen LogP contribution in [0.5, 0.6) is 0 Å². The molecule has 7 heteroatoms. The van der Waals surface area contributed by atoms with Crippen LogP contribution in [0.2, 0.25) is 0 Å². The molecular weight excluding hydrogens is 298 g/mol. The number of hydrogen-bond donors (Lipinski definition) is 0. The highest BCUT2D eigenvalue weighted by atomic mass is 19.4. The quantitative estimate of drug-likeness (QED) is 0.595. The molecule has 2 aromatic carbocycles. The Labute approximate surface area is 114 Å². The summed E-state index contributed by atoms with van der Waals surface area (Å²) in [4.78, 5) is 11.9. The van der Waals surface area contributed by atoms with Crippen LogP contribution in [0.1, 0.15) is 21.5 Å². The van der Waals surface area contributed by atoms with E-state index in [0.29, 0.717) is 24.3 Å². The molecule has 0 radical (unpaired) electrons. The van der Waals surface area contributed by atoms with Crippen molar-refractivity contribution in [1.29, 1.82) is 0 Å². The first-order chi connectivity index (χ1) is 9.70. The van der Waals surface area contributed by atoms with Crippen molar-refractivity contribution < 1.29 is 31.1 Å². The molecular formula is C14H6F6O. The molecule has 21 heavy (non-hydrogen) atoms. The van der Waals surface area contributed by atoms with E-state index in [0.717, 1.165) is 12.1 Å². The van der Waals surface area contributed by atoms with Crippen molar-refractivity contribution in [1.82, 2.24) is 0 Å². The maximum atomic E-state index is 13.4. The molecule has 0 heterocycles. The van der Waals surface area contributed by atoms with Crippen molar-refractivity contribution in [2.75, 3.05) is 0 Å². The maximum absolute atomic E-state index is 13.4. The van der Waals surface area contributed by atoms with Crippen LogP contribution in [0.25, 0.3) is 0 Å². The van der Waals surface area contributed by atoms with E-state index in [1.165, 1.54) is 0 Å². The van der Waals surface area contributed by atoms with Crippen LogP contribution in [0.4, 0.5) is 26.3 Å².